The van der Waals surface area contributed by atoms with E-state index in [1.165, 1.54) is 10.4 Å². The van der Waals surface area contributed by atoms with Crippen molar-refractivity contribution < 1.29 is 13.6 Å². The lowest BCUT2D eigenvalue weighted by Crippen LogP contribution is -2.30. The molecule has 0 bridgehead atoms. The summed E-state index contributed by atoms with van der Waals surface area (Å²) in [5, 5.41) is 0.776. The summed E-state index contributed by atoms with van der Waals surface area (Å²) in [6, 6.07) is 7.34. The summed E-state index contributed by atoms with van der Waals surface area (Å²) in [5.74, 6) is 3.36. The highest BCUT2D eigenvalue weighted by atomic mass is 32.2. The lowest BCUT2D eigenvalue weighted by molar-refractivity contribution is -0.132. The molecule has 0 atom stereocenters. The molecule has 1 N–H and O–H groups in total. The number of rotatable bonds is 9. The molecule has 7 nitrogen and oxygen atoms in total. The van der Waals surface area contributed by atoms with Gasteiger partial charge < -0.3 is 18.7 Å². The predicted octanol–water partition coefficient (Wildman–Crippen LogP) is 4.51. The summed E-state index contributed by atoms with van der Waals surface area (Å²) in [4.78, 5) is 36.9. The molecule has 0 aromatic carbocycles. The van der Waals surface area contributed by atoms with E-state index >= 15 is 0 Å². The van der Waals surface area contributed by atoms with Crippen molar-refractivity contribution in [1.29, 1.82) is 0 Å². The molecule has 0 spiro atoms. The van der Waals surface area contributed by atoms with Crippen LogP contribution in [0.3, 0.4) is 0 Å². The number of thiophene rings is 1. The van der Waals surface area contributed by atoms with Crippen LogP contribution in [0.25, 0.3) is 10.2 Å². The number of H-pyrrole nitrogens is 1. The summed E-state index contributed by atoms with van der Waals surface area (Å²) in [6.45, 7) is 0.789. The molecule has 1 aliphatic carbocycles. The Balaban J connectivity index is 1.18. The van der Waals surface area contributed by atoms with Gasteiger partial charge in [0.1, 0.15) is 22.2 Å². The molecule has 0 saturated carbocycles. The highest BCUT2D eigenvalue weighted by Gasteiger charge is 2.21. The zero-order valence-electron chi connectivity index (χ0n) is 17.5. The smallest absolute Gasteiger partial charge is 0.259 e. The zero-order chi connectivity index (χ0) is 21.9. The number of aromatic nitrogens is 2. The van der Waals surface area contributed by atoms with Crippen LogP contribution in [0.1, 0.15) is 40.6 Å². The van der Waals surface area contributed by atoms with Crippen molar-refractivity contribution in [3.8, 4) is 0 Å². The van der Waals surface area contributed by atoms with Crippen molar-refractivity contribution in [2.24, 2.45) is 0 Å². The summed E-state index contributed by atoms with van der Waals surface area (Å²) in [7, 11) is 0. The maximum Gasteiger partial charge on any atom is 0.259 e. The van der Waals surface area contributed by atoms with Gasteiger partial charge in [-0.2, -0.15) is 11.8 Å². The van der Waals surface area contributed by atoms with Gasteiger partial charge in [-0.05, 0) is 49.1 Å². The highest BCUT2D eigenvalue weighted by Crippen LogP contribution is 2.34. The number of thioether (sulfide) groups is 1. The molecule has 4 aromatic rings. The lowest BCUT2D eigenvalue weighted by atomic mass is 10.2. The number of hydrogen-bond acceptors (Lipinski definition) is 7. The quantitative estimate of drug-likeness (QED) is 0.363. The minimum Gasteiger partial charge on any atom is -0.467 e. The Bertz CT molecular complexity index is 1220. The van der Waals surface area contributed by atoms with Crippen LogP contribution in [-0.4, -0.2) is 26.5 Å². The minimum absolute atomic E-state index is 0.0249. The second-order valence-electron chi connectivity index (χ2n) is 7.76. The Labute approximate surface area is 192 Å². The lowest BCUT2D eigenvalue weighted by Gasteiger charge is -2.20. The maximum absolute atomic E-state index is 12.9. The van der Waals surface area contributed by atoms with Crippen LogP contribution in [-0.2, 0) is 36.5 Å². The van der Waals surface area contributed by atoms with Crippen molar-refractivity contribution in [2.75, 3.05) is 5.75 Å². The SMILES string of the molecule is O=C(CCSCc1nc2sc3c(c2c(=O)[nH]1)CCC3)N(Cc1ccco1)Cc1ccco1. The fraction of sp³-hybridized carbons (Fsp3) is 0.348. The summed E-state index contributed by atoms with van der Waals surface area (Å²) >= 11 is 3.24. The second-order valence-corrected chi connectivity index (χ2v) is 9.95. The van der Waals surface area contributed by atoms with E-state index in [1.807, 2.05) is 24.3 Å². The number of nitrogens with one attached hydrogen (secondary N) is 1. The van der Waals surface area contributed by atoms with Gasteiger partial charge >= 0.3 is 0 Å². The van der Waals surface area contributed by atoms with Gasteiger partial charge in [-0.1, -0.05) is 0 Å². The van der Waals surface area contributed by atoms with E-state index < -0.39 is 0 Å². The van der Waals surface area contributed by atoms with E-state index in [2.05, 4.69) is 9.97 Å². The molecule has 4 aromatic heterocycles. The van der Waals surface area contributed by atoms with E-state index in [4.69, 9.17) is 8.83 Å². The first-order valence-corrected chi connectivity index (χ1v) is 12.6. The first-order chi connectivity index (χ1) is 15.7. The number of hydrogen-bond donors (Lipinski definition) is 1. The third-order valence-corrected chi connectivity index (χ3v) is 7.69. The molecule has 0 fully saturated rings. The number of furan rings is 2. The Morgan fingerprint density at radius 2 is 1.91 bits per heavy atom. The third kappa shape index (κ3) is 4.54. The van der Waals surface area contributed by atoms with Gasteiger partial charge in [-0.3, -0.25) is 9.59 Å². The van der Waals surface area contributed by atoms with E-state index in [1.54, 1.807) is 40.5 Å². The van der Waals surface area contributed by atoms with E-state index in [0.29, 0.717) is 36.8 Å². The van der Waals surface area contributed by atoms with Crippen molar-refractivity contribution in [1.82, 2.24) is 14.9 Å². The molecule has 32 heavy (non-hydrogen) atoms. The van der Waals surface area contributed by atoms with Crippen LogP contribution in [0.15, 0.2) is 50.4 Å². The molecule has 5 rings (SSSR count). The standard InChI is InChI=1S/C23H23N3O4S2/c27-20(26(12-15-4-2-9-29-15)13-16-5-3-10-30-16)8-11-31-14-19-24-22(28)21-17-6-1-7-18(17)32-23(21)25-19/h2-5,9-10H,1,6-8,11-14H2,(H,24,25,28). The van der Waals surface area contributed by atoms with Gasteiger partial charge in [-0.25, -0.2) is 4.98 Å². The predicted molar refractivity (Wildman–Crippen MR) is 125 cm³/mol. The van der Waals surface area contributed by atoms with Crippen LogP contribution in [0.2, 0.25) is 0 Å². The number of amides is 1. The first-order valence-electron chi connectivity index (χ1n) is 10.6. The average molecular weight is 470 g/mol. The largest absolute Gasteiger partial charge is 0.467 e. The second kappa shape index (κ2) is 9.38. The maximum atomic E-state index is 12.9. The zero-order valence-corrected chi connectivity index (χ0v) is 19.1. The molecule has 1 amide bonds. The summed E-state index contributed by atoms with van der Waals surface area (Å²) in [6.07, 6.45) is 6.74. The van der Waals surface area contributed by atoms with E-state index in [9.17, 15) is 9.59 Å². The minimum atomic E-state index is -0.0378. The van der Waals surface area contributed by atoms with Gasteiger partial charge in [-0.15, -0.1) is 11.3 Å². The number of aryl methyl sites for hydroxylation is 2. The highest BCUT2D eigenvalue weighted by molar-refractivity contribution is 7.98. The van der Waals surface area contributed by atoms with Gasteiger partial charge in [0, 0.05) is 17.1 Å². The number of nitrogens with zero attached hydrogens (tertiary/aromatic N) is 2. The van der Waals surface area contributed by atoms with Crippen molar-refractivity contribution in [3.05, 3.63) is 74.9 Å². The number of aromatic amines is 1. The Morgan fingerprint density at radius 3 is 2.59 bits per heavy atom. The molecule has 0 saturated heterocycles. The fourth-order valence-electron chi connectivity index (χ4n) is 4.02. The number of carbonyl (C=O) groups excluding carboxylic acids is 1. The number of fused-ring (bicyclic) bond motifs is 3. The van der Waals surface area contributed by atoms with Crippen molar-refractivity contribution >= 4 is 39.2 Å². The Morgan fingerprint density at radius 1 is 1.16 bits per heavy atom. The first kappa shape index (κ1) is 21.1. The monoisotopic (exact) mass is 469 g/mol. The Kier molecular flexibility index (Phi) is 6.18. The van der Waals surface area contributed by atoms with E-state index in [0.717, 1.165) is 41.0 Å². The fourth-order valence-corrected chi connectivity index (χ4v) is 6.09. The average Bonchev–Trinajstić information content (AvgIpc) is 3.55. The summed E-state index contributed by atoms with van der Waals surface area (Å²) in [5.41, 5.74) is 1.15. The molecule has 1 aliphatic rings. The van der Waals surface area contributed by atoms with E-state index in [-0.39, 0.29) is 11.5 Å². The van der Waals surface area contributed by atoms with Gasteiger partial charge in [0.05, 0.1) is 36.8 Å². The molecular formula is C23H23N3O4S2. The molecule has 166 valence electrons. The molecule has 9 heteroatoms. The van der Waals surface area contributed by atoms with Crippen LogP contribution in [0.4, 0.5) is 0 Å². The molecule has 0 aliphatic heterocycles. The molecule has 0 unspecified atom stereocenters. The molecule has 4 heterocycles. The van der Waals surface area contributed by atoms with Crippen LogP contribution >= 0.6 is 23.1 Å². The van der Waals surface area contributed by atoms with Gasteiger partial charge in [0.2, 0.25) is 5.91 Å². The number of carbonyl (C=O) groups is 1. The molecule has 0 radical (unpaired) electrons. The van der Waals surface area contributed by atoms with Gasteiger partial charge in [0.25, 0.3) is 5.56 Å². The normalized spacial score (nSPS) is 13.0. The van der Waals surface area contributed by atoms with Crippen molar-refractivity contribution in [3.63, 3.8) is 0 Å². The van der Waals surface area contributed by atoms with Crippen LogP contribution in [0, 0.1) is 0 Å². The van der Waals surface area contributed by atoms with Crippen LogP contribution < -0.4 is 5.56 Å². The topological polar surface area (TPSA) is 92.3 Å². The van der Waals surface area contributed by atoms with Crippen molar-refractivity contribution in [2.45, 2.75) is 44.5 Å². The third-order valence-electron chi connectivity index (χ3n) is 5.53. The summed E-state index contributed by atoms with van der Waals surface area (Å²) < 4.78 is 10.8. The molecular weight excluding hydrogens is 446 g/mol. The van der Waals surface area contributed by atoms with Crippen LogP contribution in [0.5, 0.6) is 0 Å². The van der Waals surface area contributed by atoms with Gasteiger partial charge in [0.15, 0.2) is 0 Å². The Hall–Kier alpha value is -2.78.